The third kappa shape index (κ3) is 5.06. The first-order valence-electron chi connectivity index (χ1n) is 5.53. The number of ether oxygens (including phenoxy) is 1. The van der Waals surface area contributed by atoms with E-state index in [1.165, 1.54) is 24.3 Å². The number of carbonyl (C=O) groups is 1. The molecule has 104 valence electrons. The summed E-state index contributed by atoms with van der Waals surface area (Å²) in [6, 6.07) is 3.87. The fourth-order valence-corrected chi connectivity index (χ4v) is 1.85. The predicted octanol–water partition coefficient (Wildman–Crippen LogP) is 4.43. The van der Waals surface area contributed by atoms with Crippen molar-refractivity contribution in [3.8, 4) is 0 Å². The van der Waals surface area contributed by atoms with Crippen LogP contribution in [0, 0.1) is 0 Å². The summed E-state index contributed by atoms with van der Waals surface area (Å²) in [4.78, 5) is 11.1. The van der Waals surface area contributed by atoms with Crippen LogP contribution >= 0.6 is 15.9 Å². The molecule has 0 aliphatic rings. The zero-order valence-corrected chi connectivity index (χ0v) is 11.7. The van der Waals surface area contributed by atoms with Crippen molar-refractivity contribution < 1.29 is 22.7 Å². The van der Waals surface area contributed by atoms with E-state index in [9.17, 15) is 18.0 Å². The van der Waals surface area contributed by atoms with Crippen molar-refractivity contribution in [1.29, 1.82) is 0 Å². The van der Waals surface area contributed by atoms with Crippen LogP contribution in [0.15, 0.2) is 28.7 Å². The minimum Gasteiger partial charge on any atom is -0.466 e. The maximum atomic E-state index is 12.7. The Bertz CT molecular complexity index is 481. The Hall–Kier alpha value is -1.30. The van der Waals surface area contributed by atoms with Crippen LogP contribution < -0.4 is 0 Å². The highest BCUT2D eigenvalue weighted by Gasteiger charge is 2.32. The molecule has 2 nitrogen and oxygen atoms in total. The largest absolute Gasteiger partial charge is 0.466 e. The van der Waals surface area contributed by atoms with Crippen molar-refractivity contribution in [2.45, 2.75) is 19.5 Å². The smallest absolute Gasteiger partial charge is 0.417 e. The molecule has 1 rings (SSSR count). The SMILES string of the molecule is CCOC(=O)CC=Cc1ccc(Br)c(C(F)(F)F)c1. The lowest BCUT2D eigenvalue weighted by Gasteiger charge is -2.09. The average molecular weight is 337 g/mol. The minimum absolute atomic E-state index is 0.0115. The number of alkyl halides is 3. The third-order valence-electron chi connectivity index (χ3n) is 2.20. The Morgan fingerprint density at radius 3 is 2.68 bits per heavy atom. The molecule has 0 aliphatic carbocycles. The van der Waals surface area contributed by atoms with E-state index in [4.69, 9.17) is 4.74 Å². The molecule has 6 heteroatoms. The van der Waals surface area contributed by atoms with E-state index in [1.807, 2.05) is 0 Å². The molecule has 0 radical (unpaired) electrons. The van der Waals surface area contributed by atoms with Gasteiger partial charge in [0.2, 0.25) is 0 Å². The average Bonchev–Trinajstić information content (AvgIpc) is 2.30. The Balaban J connectivity index is 2.80. The summed E-state index contributed by atoms with van der Waals surface area (Å²) in [5.41, 5.74) is -0.370. The molecular formula is C13H12BrF3O2. The summed E-state index contributed by atoms with van der Waals surface area (Å²) in [5, 5.41) is 0. The number of benzene rings is 1. The van der Waals surface area contributed by atoms with Crippen molar-refractivity contribution in [2.24, 2.45) is 0 Å². The number of rotatable bonds is 4. The fourth-order valence-electron chi connectivity index (χ4n) is 1.37. The number of halogens is 4. The summed E-state index contributed by atoms with van der Waals surface area (Å²) < 4.78 is 42.6. The van der Waals surface area contributed by atoms with Gasteiger partial charge in [-0.3, -0.25) is 4.79 Å². The van der Waals surface area contributed by atoms with Crippen molar-refractivity contribution in [2.75, 3.05) is 6.61 Å². The Kier molecular flexibility index (Phi) is 5.60. The van der Waals surface area contributed by atoms with Gasteiger partial charge in [0.15, 0.2) is 0 Å². The van der Waals surface area contributed by atoms with Gasteiger partial charge in [0, 0.05) is 4.47 Å². The van der Waals surface area contributed by atoms with Gasteiger partial charge in [-0.25, -0.2) is 0 Å². The molecule has 0 saturated carbocycles. The summed E-state index contributed by atoms with van der Waals surface area (Å²) in [6.45, 7) is 1.97. The van der Waals surface area contributed by atoms with E-state index in [-0.39, 0.29) is 17.5 Å². The Labute approximate surface area is 117 Å². The molecule has 1 aromatic rings. The van der Waals surface area contributed by atoms with Crippen LogP contribution in [0.25, 0.3) is 6.08 Å². The Morgan fingerprint density at radius 1 is 1.42 bits per heavy atom. The first kappa shape index (κ1) is 15.8. The molecule has 0 N–H and O–H groups in total. The lowest BCUT2D eigenvalue weighted by atomic mass is 10.1. The highest BCUT2D eigenvalue weighted by atomic mass is 79.9. The fraction of sp³-hybridized carbons (Fsp3) is 0.308. The topological polar surface area (TPSA) is 26.3 Å². The molecule has 0 heterocycles. The Morgan fingerprint density at radius 2 is 2.11 bits per heavy atom. The molecule has 0 atom stereocenters. The second kappa shape index (κ2) is 6.75. The quantitative estimate of drug-likeness (QED) is 0.760. The lowest BCUT2D eigenvalue weighted by molar-refractivity contribution is -0.142. The standard InChI is InChI=1S/C13H12BrF3O2/c1-2-19-12(18)5-3-4-9-6-7-11(14)10(8-9)13(15,16)17/h3-4,6-8H,2,5H2,1H3. The summed E-state index contributed by atoms with van der Waals surface area (Å²) >= 11 is 2.86. The monoisotopic (exact) mass is 336 g/mol. The van der Waals surface area contributed by atoms with Crippen LogP contribution in [0.3, 0.4) is 0 Å². The van der Waals surface area contributed by atoms with E-state index in [0.29, 0.717) is 5.56 Å². The lowest BCUT2D eigenvalue weighted by Crippen LogP contribution is -2.06. The summed E-state index contributed by atoms with van der Waals surface area (Å²) in [5.74, 6) is -0.410. The van der Waals surface area contributed by atoms with E-state index in [2.05, 4.69) is 15.9 Å². The van der Waals surface area contributed by atoms with Crippen LogP contribution in [0.2, 0.25) is 0 Å². The van der Waals surface area contributed by atoms with Crippen LogP contribution in [-0.2, 0) is 15.7 Å². The van der Waals surface area contributed by atoms with Gasteiger partial charge in [0.1, 0.15) is 0 Å². The van der Waals surface area contributed by atoms with Crippen LogP contribution in [0.5, 0.6) is 0 Å². The molecule has 0 aliphatic heterocycles. The van der Waals surface area contributed by atoms with E-state index in [1.54, 1.807) is 6.92 Å². The number of hydrogen-bond donors (Lipinski definition) is 0. The number of esters is 1. The van der Waals surface area contributed by atoms with Gasteiger partial charge in [0.25, 0.3) is 0 Å². The minimum atomic E-state index is -4.41. The first-order valence-corrected chi connectivity index (χ1v) is 6.32. The van der Waals surface area contributed by atoms with E-state index < -0.39 is 17.7 Å². The second-order valence-electron chi connectivity index (χ2n) is 3.65. The van der Waals surface area contributed by atoms with Gasteiger partial charge < -0.3 is 4.74 Å². The predicted molar refractivity (Wildman–Crippen MR) is 69.4 cm³/mol. The van der Waals surface area contributed by atoms with Crippen molar-refractivity contribution in [3.05, 3.63) is 39.9 Å². The van der Waals surface area contributed by atoms with Crippen LogP contribution in [0.1, 0.15) is 24.5 Å². The van der Waals surface area contributed by atoms with Gasteiger partial charge in [0.05, 0.1) is 18.6 Å². The number of hydrogen-bond acceptors (Lipinski definition) is 2. The van der Waals surface area contributed by atoms with Crippen molar-refractivity contribution in [3.63, 3.8) is 0 Å². The summed E-state index contributed by atoms with van der Waals surface area (Å²) in [7, 11) is 0. The number of carbonyl (C=O) groups excluding carboxylic acids is 1. The van der Waals surface area contributed by atoms with Crippen molar-refractivity contribution >= 4 is 28.0 Å². The van der Waals surface area contributed by atoms with Gasteiger partial charge in [-0.1, -0.05) is 34.1 Å². The maximum Gasteiger partial charge on any atom is 0.417 e. The first-order chi connectivity index (χ1) is 8.84. The zero-order valence-electron chi connectivity index (χ0n) is 10.1. The van der Waals surface area contributed by atoms with Crippen molar-refractivity contribution in [1.82, 2.24) is 0 Å². The third-order valence-corrected chi connectivity index (χ3v) is 2.89. The van der Waals surface area contributed by atoms with Crippen LogP contribution in [-0.4, -0.2) is 12.6 Å². The summed E-state index contributed by atoms with van der Waals surface area (Å²) in [6.07, 6.45) is -1.45. The molecule has 0 bridgehead atoms. The van der Waals surface area contributed by atoms with Crippen LogP contribution in [0.4, 0.5) is 13.2 Å². The molecule has 19 heavy (non-hydrogen) atoms. The molecule has 1 aromatic carbocycles. The molecular weight excluding hydrogens is 325 g/mol. The normalized spacial score (nSPS) is 11.8. The van der Waals surface area contributed by atoms with Gasteiger partial charge in [-0.15, -0.1) is 0 Å². The molecule has 0 fully saturated rings. The highest BCUT2D eigenvalue weighted by molar-refractivity contribution is 9.10. The van der Waals surface area contributed by atoms with E-state index in [0.717, 1.165) is 6.07 Å². The molecule has 0 aromatic heterocycles. The maximum absolute atomic E-state index is 12.7. The molecule has 0 unspecified atom stereocenters. The van der Waals surface area contributed by atoms with Gasteiger partial charge >= 0.3 is 12.1 Å². The zero-order chi connectivity index (χ0) is 14.5. The van der Waals surface area contributed by atoms with E-state index >= 15 is 0 Å². The van der Waals surface area contributed by atoms with Gasteiger partial charge in [-0.2, -0.15) is 13.2 Å². The van der Waals surface area contributed by atoms with Gasteiger partial charge in [-0.05, 0) is 24.6 Å². The highest BCUT2D eigenvalue weighted by Crippen LogP contribution is 2.35. The molecule has 0 amide bonds. The molecule has 0 spiro atoms. The second-order valence-corrected chi connectivity index (χ2v) is 4.50. The molecule has 0 saturated heterocycles.